The molecule has 1 fully saturated rings. The van der Waals surface area contributed by atoms with Gasteiger partial charge in [0.05, 0.1) is 12.4 Å². The number of carbonyl (C=O) groups is 1. The van der Waals surface area contributed by atoms with Crippen LogP contribution in [0.1, 0.15) is 30.3 Å². The molecule has 0 spiro atoms. The highest BCUT2D eigenvalue weighted by molar-refractivity contribution is 5.84. The van der Waals surface area contributed by atoms with Crippen LogP contribution >= 0.6 is 0 Å². The Labute approximate surface area is 87.6 Å². The van der Waals surface area contributed by atoms with Crippen molar-refractivity contribution in [1.29, 1.82) is 0 Å². The number of carboxylic acids is 1. The number of rotatable bonds is 4. The number of nitrogens with zero attached hydrogens (tertiary/aromatic N) is 2. The Hall–Kier alpha value is -1.65. The lowest BCUT2D eigenvalue weighted by atomic mass is 10.2. The summed E-state index contributed by atoms with van der Waals surface area (Å²) in [5, 5.41) is 11.8. The van der Waals surface area contributed by atoms with Crippen LogP contribution in [0.2, 0.25) is 0 Å². The molecule has 1 atom stereocenters. The summed E-state index contributed by atoms with van der Waals surface area (Å²) in [4.78, 5) is 18.3. The number of aromatic carboxylic acids is 1. The van der Waals surface area contributed by atoms with Crippen LogP contribution in [0, 0.1) is 5.92 Å². The van der Waals surface area contributed by atoms with Crippen molar-refractivity contribution < 1.29 is 9.90 Å². The van der Waals surface area contributed by atoms with Gasteiger partial charge in [-0.3, -0.25) is 0 Å². The van der Waals surface area contributed by atoms with Gasteiger partial charge in [0.15, 0.2) is 5.69 Å². The smallest absolute Gasteiger partial charge is 0.356 e. The van der Waals surface area contributed by atoms with Crippen molar-refractivity contribution in [3.8, 4) is 0 Å². The maximum absolute atomic E-state index is 10.5. The Morgan fingerprint density at radius 1 is 1.53 bits per heavy atom. The van der Waals surface area contributed by atoms with E-state index in [1.54, 1.807) is 0 Å². The second-order valence-electron chi connectivity index (χ2n) is 3.86. The van der Waals surface area contributed by atoms with Crippen LogP contribution in [0.4, 0.5) is 5.82 Å². The van der Waals surface area contributed by atoms with Gasteiger partial charge in [-0.15, -0.1) is 0 Å². The molecule has 0 bridgehead atoms. The Bertz CT molecular complexity index is 359. The Balaban J connectivity index is 1.99. The molecule has 0 radical (unpaired) electrons. The average Bonchev–Trinajstić information content (AvgIpc) is 3.01. The Morgan fingerprint density at radius 3 is 2.73 bits per heavy atom. The highest BCUT2D eigenvalue weighted by Crippen LogP contribution is 2.33. The second-order valence-corrected chi connectivity index (χ2v) is 3.86. The maximum atomic E-state index is 10.5. The molecule has 1 aromatic heterocycles. The Kier molecular flexibility index (Phi) is 2.53. The third kappa shape index (κ3) is 2.43. The average molecular weight is 207 g/mol. The van der Waals surface area contributed by atoms with Crippen molar-refractivity contribution in [3.05, 3.63) is 18.1 Å². The summed E-state index contributed by atoms with van der Waals surface area (Å²) in [6, 6.07) is 0.384. The molecule has 1 aromatic rings. The molecule has 2 N–H and O–H groups in total. The molecule has 15 heavy (non-hydrogen) atoms. The molecule has 1 saturated carbocycles. The largest absolute Gasteiger partial charge is 0.476 e. The van der Waals surface area contributed by atoms with E-state index in [9.17, 15) is 4.79 Å². The van der Waals surface area contributed by atoms with Gasteiger partial charge in [0.2, 0.25) is 0 Å². The molecule has 0 unspecified atom stereocenters. The van der Waals surface area contributed by atoms with Gasteiger partial charge in [0, 0.05) is 6.04 Å². The summed E-state index contributed by atoms with van der Waals surface area (Å²) in [6.07, 6.45) is 5.25. The number of anilines is 1. The molecule has 0 saturated heterocycles. The first-order chi connectivity index (χ1) is 7.16. The minimum Gasteiger partial charge on any atom is -0.476 e. The van der Waals surface area contributed by atoms with Crippen LogP contribution in [0.3, 0.4) is 0 Å². The molecule has 1 aliphatic rings. The summed E-state index contributed by atoms with van der Waals surface area (Å²) in [6.45, 7) is 2.10. The Morgan fingerprint density at radius 2 is 2.27 bits per heavy atom. The molecule has 1 aliphatic carbocycles. The van der Waals surface area contributed by atoms with Crippen molar-refractivity contribution >= 4 is 11.8 Å². The number of aromatic nitrogens is 2. The monoisotopic (exact) mass is 207 g/mol. The highest BCUT2D eigenvalue weighted by atomic mass is 16.4. The number of carboxylic acid groups (broad SMARTS) is 1. The van der Waals surface area contributed by atoms with E-state index < -0.39 is 5.97 Å². The van der Waals surface area contributed by atoms with Gasteiger partial charge < -0.3 is 10.4 Å². The fraction of sp³-hybridized carbons (Fsp3) is 0.500. The summed E-state index contributed by atoms with van der Waals surface area (Å²) < 4.78 is 0. The standard InChI is InChI=1S/C10H13N3O2/c1-6(7-2-3-7)13-9-5-11-8(4-12-9)10(14)15/h4-7H,2-3H2,1H3,(H,12,13)(H,14,15)/t6-/m0/s1. The fourth-order valence-electron chi connectivity index (χ4n) is 1.46. The van der Waals surface area contributed by atoms with Crippen molar-refractivity contribution in [3.63, 3.8) is 0 Å². The van der Waals surface area contributed by atoms with Crippen molar-refractivity contribution in [2.75, 3.05) is 5.32 Å². The van der Waals surface area contributed by atoms with Crippen LogP contribution in [0.25, 0.3) is 0 Å². The first kappa shape index (κ1) is 9.89. The van der Waals surface area contributed by atoms with Gasteiger partial charge in [0.1, 0.15) is 5.82 Å². The zero-order valence-corrected chi connectivity index (χ0v) is 8.47. The molecule has 5 nitrogen and oxygen atoms in total. The molecular formula is C10H13N3O2. The minimum absolute atomic E-state index is 0.0281. The van der Waals surface area contributed by atoms with Crippen LogP contribution in [-0.2, 0) is 0 Å². The summed E-state index contributed by atoms with van der Waals surface area (Å²) in [5.41, 5.74) is -0.0281. The van der Waals surface area contributed by atoms with E-state index in [1.165, 1.54) is 25.2 Å². The van der Waals surface area contributed by atoms with E-state index >= 15 is 0 Å². The SMILES string of the molecule is C[C@H](Nc1cnc(C(=O)O)cn1)C1CC1. The van der Waals surface area contributed by atoms with Crippen LogP contribution in [0.5, 0.6) is 0 Å². The molecule has 80 valence electrons. The molecular weight excluding hydrogens is 194 g/mol. The van der Waals surface area contributed by atoms with Gasteiger partial charge in [-0.1, -0.05) is 0 Å². The predicted octanol–water partition coefficient (Wildman–Crippen LogP) is 1.39. The topological polar surface area (TPSA) is 75.1 Å². The zero-order valence-electron chi connectivity index (χ0n) is 8.47. The van der Waals surface area contributed by atoms with Gasteiger partial charge in [-0.05, 0) is 25.7 Å². The molecule has 5 heteroatoms. The minimum atomic E-state index is -1.05. The summed E-state index contributed by atoms with van der Waals surface area (Å²) in [7, 11) is 0. The third-order valence-corrected chi connectivity index (χ3v) is 2.58. The quantitative estimate of drug-likeness (QED) is 0.780. The number of nitrogens with one attached hydrogen (secondary N) is 1. The van der Waals surface area contributed by atoms with Gasteiger partial charge in [-0.2, -0.15) is 0 Å². The van der Waals surface area contributed by atoms with Gasteiger partial charge >= 0.3 is 5.97 Å². The molecule has 1 heterocycles. The predicted molar refractivity (Wildman–Crippen MR) is 54.8 cm³/mol. The zero-order chi connectivity index (χ0) is 10.8. The summed E-state index contributed by atoms with van der Waals surface area (Å²) in [5.74, 6) is 0.314. The molecule has 2 rings (SSSR count). The second kappa shape index (κ2) is 3.84. The van der Waals surface area contributed by atoms with Gasteiger partial charge in [-0.25, -0.2) is 14.8 Å². The molecule has 0 aromatic carbocycles. The van der Waals surface area contributed by atoms with E-state index in [0.29, 0.717) is 11.9 Å². The van der Waals surface area contributed by atoms with E-state index in [4.69, 9.17) is 5.11 Å². The first-order valence-corrected chi connectivity index (χ1v) is 4.98. The van der Waals surface area contributed by atoms with Crippen molar-refractivity contribution in [2.24, 2.45) is 5.92 Å². The first-order valence-electron chi connectivity index (χ1n) is 4.98. The fourth-order valence-corrected chi connectivity index (χ4v) is 1.46. The lowest BCUT2D eigenvalue weighted by Gasteiger charge is -2.12. The van der Waals surface area contributed by atoms with Gasteiger partial charge in [0.25, 0.3) is 0 Å². The van der Waals surface area contributed by atoms with Crippen molar-refractivity contribution in [1.82, 2.24) is 9.97 Å². The maximum Gasteiger partial charge on any atom is 0.356 e. The van der Waals surface area contributed by atoms with E-state index in [0.717, 1.165) is 5.92 Å². The highest BCUT2D eigenvalue weighted by Gasteiger charge is 2.27. The van der Waals surface area contributed by atoms with E-state index in [-0.39, 0.29) is 5.69 Å². The van der Waals surface area contributed by atoms with E-state index in [2.05, 4.69) is 22.2 Å². The number of hydrogen-bond acceptors (Lipinski definition) is 4. The van der Waals surface area contributed by atoms with Crippen LogP contribution in [-0.4, -0.2) is 27.1 Å². The molecule has 0 aliphatic heterocycles. The normalized spacial score (nSPS) is 17.1. The van der Waals surface area contributed by atoms with Crippen LogP contribution in [0.15, 0.2) is 12.4 Å². The van der Waals surface area contributed by atoms with E-state index in [1.807, 2.05) is 0 Å². The van der Waals surface area contributed by atoms with Crippen LogP contribution < -0.4 is 5.32 Å². The summed E-state index contributed by atoms with van der Waals surface area (Å²) >= 11 is 0. The number of hydrogen-bond donors (Lipinski definition) is 2. The lowest BCUT2D eigenvalue weighted by Crippen LogP contribution is -2.18. The molecule has 0 amide bonds. The van der Waals surface area contributed by atoms with Crippen molar-refractivity contribution in [2.45, 2.75) is 25.8 Å². The third-order valence-electron chi connectivity index (χ3n) is 2.58. The lowest BCUT2D eigenvalue weighted by molar-refractivity contribution is 0.0690.